The van der Waals surface area contributed by atoms with Crippen LogP contribution in [-0.2, 0) is 22.9 Å². The Kier molecular flexibility index (Phi) is 3.87. The van der Waals surface area contributed by atoms with E-state index in [1.807, 2.05) is 6.20 Å². The highest BCUT2D eigenvalue weighted by Gasteiger charge is 2.33. The second-order valence-corrected chi connectivity index (χ2v) is 9.86. The lowest BCUT2D eigenvalue weighted by Gasteiger charge is -2.26. The number of halogens is 1. The van der Waals surface area contributed by atoms with Gasteiger partial charge in [-0.3, -0.25) is 5.10 Å². The third kappa shape index (κ3) is 2.88. The molecule has 0 spiro atoms. The first-order valence-electron chi connectivity index (χ1n) is 7.36. The highest BCUT2D eigenvalue weighted by Crippen LogP contribution is 2.38. The fourth-order valence-corrected chi connectivity index (χ4v) is 6.52. The Morgan fingerprint density at radius 2 is 2.26 bits per heavy atom. The standard InChI is InChI=1S/C14H15ClN4O2S2/c15-12-3-4-13(22-12)23(20,21)19-9-1-2-10-8(5-9)6-16-14-11(10)7-17-18-14/h3,6-7,9,13,19H,1-2,4-5H2,(H,16,17,18). The largest absolute Gasteiger partial charge is 0.261 e. The predicted octanol–water partition coefficient (Wildman–Crippen LogP) is 2.28. The molecule has 2 aromatic rings. The van der Waals surface area contributed by atoms with Gasteiger partial charge in [0.2, 0.25) is 10.0 Å². The Morgan fingerprint density at radius 3 is 3.04 bits per heavy atom. The quantitative estimate of drug-likeness (QED) is 0.865. The summed E-state index contributed by atoms with van der Waals surface area (Å²) in [5.74, 6) is 0. The number of aryl methyl sites for hydroxylation is 1. The number of hydrogen-bond acceptors (Lipinski definition) is 5. The third-order valence-electron chi connectivity index (χ3n) is 4.28. The molecule has 6 nitrogen and oxygen atoms in total. The van der Waals surface area contributed by atoms with Crippen molar-refractivity contribution in [3.05, 3.63) is 34.0 Å². The smallest absolute Gasteiger partial charge is 0.224 e. The van der Waals surface area contributed by atoms with E-state index in [4.69, 9.17) is 11.6 Å². The Morgan fingerprint density at radius 1 is 1.39 bits per heavy atom. The molecule has 1 aliphatic carbocycles. The van der Waals surface area contributed by atoms with E-state index in [2.05, 4.69) is 19.9 Å². The molecule has 0 fully saturated rings. The van der Waals surface area contributed by atoms with Crippen molar-refractivity contribution in [1.29, 1.82) is 0 Å². The fraction of sp³-hybridized carbons (Fsp3) is 0.429. The molecule has 2 aliphatic rings. The van der Waals surface area contributed by atoms with Crippen LogP contribution >= 0.6 is 23.4 Å². The number of allylic oxidation sites excluding steroid dienone is 1. The zero-order chi connectivity index (χ0) is 16.0. The number of aromatic nitrogens is 3. The SMILES string of the molecule is O=S(=O)(NC1CCc2c(cnc3[nH]ncc23)C1)C1CC=C(Cl)S1. The van der Waals surface area contributed by atoms with E-state index in [0.29, 0.717) is 17.2 Å². The van der Waals surface area contributed by atoms with Crippen LogP contribution in [0.2, 0.25) is 0 Å². The predicted molar refractivity (Wildman–Crippen MR) is 91.7 cm³/mol. The summed E-state index contributed by atoms with van der Waals surface area (Å²) in [6.45, 7) is 0. The minimum Gasteiger partial charge on any atom is -0.261 e. The summed E-state index contributed by atoms with van der Waals surface area (Å²) >= 11 is 7.08. The van der Waals surface area contributed by atoms with Crippen LogP contribution in [0.25, 0.3) is 11.0 Å². The van der Waals surface area contributed by atoms with E-state index in [1.165, 1.54) is 17.3 Å². The van der Waals surface area contributed by atoms with E-state index in [0.717, 1.165) is 29.4 Å². The van der Waals surface area contributed by atoms with E-state index in [9.17, 15) is 8.42 Å². The van der Waals surface area contributed by atoms with Gasteiger partial charge in [-0.2, -0.15) is 5.10 Å². The van der Waals surface area contributed by atoms with Crippen LogP contribution in [0.5, 0.6) is 0 Å². The lowest BCUT2D eigenvalue weighted by molar-refractivity contribution is 0.507. The van der Waals surface area contributed by atoms with Gasteiger partial charge in [-0.1, -0.05) is 29.4 Å². The molecule has 4 rings (SSSR count). The zero-order valence-corrected chi connectivity index (χ0v) is 14.5. The molecule has 0 amide bonds. The Bertz CT molecular complexity index is 893. The number of nitrogens with one attached hydrogen (secondary N) is 2. The number of fused-ring (bicyclic) bond motifs is 3. The van der Waals surface area contributed by atoms with Crippen molar-refractivity contribution in [2.75, 3.05) is 0 Å². The highest BCUT2D eigenvalue weighted by atomic mass is 35.5. The number of H-pyrrole nitrogens is 1. The molecule has 1 aliphatic heterocycles. The van der Waals surface area contributed by atoms with Gasteiger partial charge in [-0.05, 0) is 36.8 Å². The normalized spacial score (nSPS) is 24.7. The summed E-state index contributed by atoms with van der Waals surface area (Å²) in [6.07, 6.45) is 8.06. The number of pyridine rings is 1. The maximum atomic E-state index is 12.5. The first-order chi connectivity index (χ1) is 11.0. The minimum atomic E-state index is -3.39. The summed E-state index contributed by atoms with van der Waals surface area (Å²) < 4.78 is 27.8. The molecule has 3 heterocycles. The Balaban J connectivity index is 1.52. The van der Waals surface area contributed by atoms with Gasteiger partial charge in [-0.15, -0.1) is 0 Å². The fourth-order valence-electron chi connectivity index (χ4n) is 3.16. The summed E-state index contributed by atoms with van der Waals surface area (Å²) in [5, 5.41) is 7.93. The molecular formula is C14H15ClN4O2S2. The molecule has 0 aromatic carbocycles. The summed E-state index contributed by atoms with van der Waals surface area (Å²) in [4.78, 5) is 4.35. The van der Waals surface area contributed by atoms with Gasteiger partial charge in [0.05, 0.1) is 10.6 Å². The van der Waals surface area contributed by atoms with Gasteiger partial charge in [0.25, 0.3) is 0 Å². The number of nitrogens with zero attached hydrogens (tertiary/aromatic N) is 2. The van der Waals surface area contributed by atoms with Crippen molar-refractivity contribution in [3.8, 4) is 0 Å². The molecule has 23 heavy (non-hydrogen) atoms. The lowest BCUT2D eigenvalue weighted by atomic mass is 9.88. The van der Waals surface area contributed by atoms with Crippen LogP contribution in [-0.4, -0.2) is 34.2 Å². The molecule has 9 heteroatoms. The van der Waals surface area contributed by atoms with Crippen molar-refractivity contribution in [1.82, 2.24) is 19.9 Å². The van der Waals surface area contributed by atoms with Gasteiger partial charge < -0.3 is 0 Å². The van der Waals surface area contributed by atoms with Gasteiger partial charge in [0.15, 0.2) is 5.65 Å². The first-order valence-corrected chi connectivity index (χ1v) is 10.2. The van der Waals surface area contributed by atoms with E-state index in [-0.39, 0.29) is 6.04 Å². The van der Waals surface area contributed by atoms with Crippen molar-refractivity contribution >= 4 is 44.4 Å². The zero-order valence-electron chi connectivity index (χ0n) is 12.1. The van der Waals surface area contributed by atoms with Gasteiger partial charge in [0, 0.05) is 17.6 Å². The van der Waals surface area contributed by atoms with Crippen molar-refractivity contribution in [3.63, 3.8) is 0 Å². The number of hydrogen-bond donors (Lipinski definition) is 2. The van der Waals surface area contributed by atoms with Crippen LogP contribution in [0.4, 0.5) is 0 Å². The molecule has 2 aromatic heterocycles. The second-order valence-electron chi connectivity index (χ2n) is 5.79. The Labute approximate surface area is 143 Å². The molecule has 2 atom stereocenters. The molecular weight excluding hydrogens is 356 g/mol. The van der Waals surface area contributed by atoms with Crippen LogP contribution in [0, 0.1) is 0 Å². The maximum absolute atomic E-state index is 12.5. The summed E-state index contributed by atoms with van der Waals surface area (Å²) in [7, 11) is -3.39. The van der Waals surface area contributed by atoms with E-state index >= 15 is 0 Å². The number of aromatic amines is 1. The molecule has 0 saturated heterocycles. The molecule has 0 radical (unpaired) electrons. The number of thioether (sulfide) groups is 1. The van der Waals surface area contributed by atoms with Gasteiger partial charge in [0.1, 0.15) is 4.58 Å². The highest BCUT2D eigenvalue weighted by molar-refractivity contribution is 8.16. The van der Waals surface area contributed by atoms with Gasteiger partial charge >= 0.3 is 0 Å². The van der Waals surface area contributed by atoms with Crippen LogP contribution < -0.4 is 4.72 Å². The monoisotopic (exact) mass is 370 g/mol. The topological polar surface area (TPSA) is 87.7 Å². The average molecular weight is 371 g/mol. The van der Waals surface area contributed by atoms with E-state index < -0.39 is 14.6 Å². The summed E-state index contributed by atoms with van der Waals surface area (Å²) in [6, 6.07) is -0.0985. The van der Waals surface area contributed by atoms with Crippen molar-refractivity contribution in [2.45, 2.75) is 36.3 Å². The van der Waals surface area contributed by atoms with Gasteiger partial charge in [-0.25, -0.2) is 18.1 Å². The first kappa shape index (κ1) is 15.4. The molecule has 2 N–H and O–H groups in total. The van der Waals surface area contributed by atoms with Crippen LogP contribution in [0.1, 0.15) is 24.0 Å². The van der Waals surface area contributed by atoms with E-state index in [1.54, 1.807) is 12.3 Å². The lowest BCUT2D eigenvalue weighted by Crippen LogP contribution is -2.42. The maximum Gasteiger partial charge on any atom is 0.224 e. The summed E-state index contributed by atoms with van der Waals surface area (Å²) in [5.41, 5.74) is 3.10. The molecule has 0 saturated carbocycles. The molecule has 122 valence electrons. The average Bonchev–Trinajstić information content (AvgIpc) is 3.15. The minimum absolute atomic E-state index is 0.0985. The Hall–Kier alpha value is -1.09. The molecule has 0 bridgehead atoms. The second kappa shape index (κ2) is 5.77. The van der Waals surface area contributed by atoms with Crippen molar-refractivity contribution in [2.24, 2.45) is 0 Å². The van der Waals surface area contributed by atoms with Crippen LogP contribution in [0.15, 0.2) is 22.8 Å². The van der Waals surface area contributed by atoms with Crippen molar-refractivity contribution < 1.29 is 8.42 Å². The number of rotatable bonds is 3. The number of sulfonamides is 1. The third-order valence-corrected chi connectivity index (χ3v) is 8.15. The molecule has 2 unspecified atom stereocenters. The van der Waals surface area contributed by atoms with Crippen LogP contribution in [0.3, 0.4) is 0 Å².